The smallest absolute Gasteiger partial charge is 0.329 e. The van der Waals surface area contributed by atoms with E-state index in [-0.39, 0.29) is 18.4 Å². The third-order valence-electron chi connectivity index (χ3n) is 3.52. The van der Waals surface area contributed by atoms with E-state index in [0.29, 0.717) is 6.54 Å². The molecule has 1 amide bonds. The minimum absolute atomic E-state index is 0.124. The zero-order chi connectivity index (χ0) is 15.9. The van der Waals surface area contributed by atoms with Crippen LogP contribution in [0.3, 0.4) is 0 Å². The highest BCUT2D eigenvalue weighted by Gasteiger charge is 2.41. The predicted octanol–water partition coefficient (Wildman–Crippen LogP) is -0.0106. The molecule has 0 saturated carbocycles. The summed E-state index contributed by atoms with van der Waals surface area (Å²) in [6, 6.07) is 4.79. The number of methoxy groups -OCH3 is 1. The molecule has 3 unspecified atom stereocenters. The first-order valence-electron chi connectivity index (χ1n) is 7.11. The van der Waals surface area contributed by atoms with Crippen molar-refractivity contribution >= 4 is 11.9 Å². The summed E-state index contributed by atoms with van der Waals surface area (Å²) in [7, 11) is 1.27. The average molecular weight is 301 g/mol. The lowest BCUT2D eigenvalue weighted by Gasteiger charge is -2.14. The molecule has 116 valence electrons. The van der Waals surface area contributed by atoms with E-state index >= 15 is 0 Å². The minimum Gasteiger partial charge on any atom is -0.467 e. The number of terminal acetylenes is 1. The fourth-order valence-corrected chi connectivity index (χ4v) is 2.20. The van der Waals surface area contributed by atoms with Crippen molar-refractivity contribution in [2.45, 2.75) is 24.9 Å². The zero-order valence-corrected chi connectivity index (χ0v) is 12.5. The topological polar surface area (TPSA) is 71.3 Å². The summed E-state index contributed by atoms with van der Waals surface area (Å²) < 4.78 is 4.63. The number of esters is 1. The summed E-state index contributed by atoms with van der Waals surface area (Å²) in [5, 5.41) is 2.65. The molecule has 1 fully saturated rings. The number of amides is 1. The van der Waals surface area contributed by atoms with Crippen LogP contribution in [0.15, 0.2) is 24.4 Å². The van der Waals surface area contributed by atoms with Gasteiger partial charge < -0.3 is 10.1 Å². The number of carbonyl (C=O) groups is 2. The summed E-state index contributed by atoms with van der Waals surface area (Å²) >= 11 is 0. The van der Waals surface area contributed by atoms with E-state index in [4.69, 9.17) is 6.42 Å². The van der Waals surface area contributed by atoms with Crippen LogP contribution in [0.5, 0.6) is 0 Å². The third kappa shape index (κ3) is 4.30. The molecule has 22 heavy (non-hydrogen) atoms. The van der Waals surface area contributed by atoms with E-state index in [1.54, 1.807) is 6.20 Å². The van der Waals surface area contributed by atoms with Crippen molar-refractivity contribution in [3.63, 3.8) is 0 Å². The lowest BCUT2D eigenvalue weighted by Crippen LogP contribution is -2.44. The molecular weight excluding hydrogens is 282 g/mol. The van der Waals surface area contributed by atoms with Crippen LogP contribution in [-0.2, 0) is 20.7 Å². The average Bonchev–Trinajstić information content (AvgIpc) is 3.32. The van der Waals surface area contributed by atoms with E-state index < -0.39 is 12.0 Å². The summed E-state index contributed by atoms with van der Waals surface area (Å²) in [5.74, 6) is 1.66. The van der Waals surface area contributed by atoms with Crippen LogP contribution in [0.2, 0.25) is 0 Å². The van der Waals surface area contributed by atoms with Crippen LogP contribution in [0, 0.1) is 12.3 Å². The van der Waals surface area contributed by atoms with Gasteiger partial charge in [0.1, 0.15) is 12.1 Å². The third-order valence-corrected chi connectivity index (χ3v) is 3.52. The van der Waals surface area contributed by atoms with Crippen molar-refractivity contribution in [2.75, 3.05) is 20.2 Å². The second kappa shape index (κ2) is 7.57. The largest absolute Gasteiger partial charge is 0.467 e. The highest BCUT2D eigenvalue weighted by Crippen LogP contribution is 2.18. The molecule has 1 N–H and O–H groups in total. The lowest BCUT2D eigenvalue weighted by molar-refractivity contribution is -0.144. The highest BCUT2D eigenvalue weighted by atomic mass is 16.5. The number of hydrogen-bond acceptors (Lipinski definition) is 5. The second-order valence-corrected chi connectivity index (χ2v) is 5.07. The fraction of sp³-hybridized carbons (Fsp3) is 0.438. The van der Waals surface area contributed by atoms with Gasteiger partial charge in [-0.3, -0.25) is 14.7 Å². The molecular formula is C16H19N3O3. The van der Waals surface area contributed by atoms with Crippen LogP contribution in [0.1, 0.15) is 12.1 Å². The Balaban J connectivity index is 1.77. The summed E-state index contributed by atoms with van der Waals surface area (Å²) in [6.45, 7) is 1.44. The van der Waals surface area contributed by atoms with Crippen molar-refractivity contribution in [3.8, 4) is 12.3 Å². The number of aromatic nitrogens is 1. The molecule has 0 spiro atoms. The van der Waals surface area contributed by atoms with Gasteiger partial charge in [-0.15, -0.1) is 12.3 Å². The number of hydrogen-bond donors (Lipinski definition) is 1. The molecule has 0 radical (unpaired) electrons. The van der Waals surface area contributed by atoms with Gasteiger partial charge in [-0.1, -0.05) is 6.07 Å². The van der Waals surface area contributed by atoms with E-state index in [1.807, 2.05) is 23.1 Å². The Bertz CT molecular complexity index is 568. The maximum Gasteiger partial charge on any atom is 0.329 e. The SMILES string of the molecule is C#CCC(NC(=O)C1CN1CCc1ccccn1)C(=O)OC. The summed E-state index contributed by atoms with van der Waals surface area (Å²) in [6.07, 6.45) is 7.87. The van der Waals surface area contributed by atoms with Gasteiger partial charge in [0.2, 0.25) is 5.91 Å². The van der Waals surface area contributed by atoms with Crippen molar-refractivity contribution in [1.29, 1.82) is 0 Å². The van der Waals surface area contributed by atoms with Crippen molar-refractivity contribution in [2.24, 2.45) is 0 Å². The molecule has 1 saturated heterocycles. The first-order chi connectivity index (χ1) is 10.7. The molecule has 2 rings (SSSR count). The Labute approximate surface area is 129 Å². The van der Waals surface area contributed by atoms with Crippen LogP contribution < -0.4 is 5.32 Å². The van der Waals surface area contributed by atoms with E-state index in [0.717, 1.165) is 18.7 Å². The summed E-state index contributed by atoms with van der Waals surface area (Å²) in [5.41, 5.74) is 0.994. The molecule has 6 nitrogen and oxygen atoms in total. The molecule has 0 aliphatic carbocycles. The second-order valence-electron chi connectivity index (χ2n) is 5.07. The Kier molecular flexibility index (Phi) is 5.50. The van der Waals surface area contributed by atoms with Crippen LogP contribution in [-0.4, -0.2) is 54.0 Å². The van der Waals surface area contributed by atoms with Crippen LogP contribution in [0.4, 0.5) is 0 Å². The first-order valence-corrected chi connectivity index (χ1v) is 7.11. The Morgan fingerprint density at radius 3 is 3.05 bits per heavy atom. The number of pyridine rings is 1. The Morgan fingerprint density at radius 1 is 1.59 bits per heavy atom. The van der Waals surface area contributed by atoms with E-state index in [9.17, 15) is 9.59 Å². The number of nitrogens with one attached hydrogen (secondary N) is 1. The lowest BCUT2D eigenvalue weighted by atomic mass is 10.2. The molecule has 0 aromatic carbocycles. The maximum absolute atomic E-state index is 12.1. The standard InChI is InChI=1S/C16H19N3O3/c1-3-6-13(16(21)22-2)18-15(20)14-11-19(14)10-8-12-7-4-5-9-17-12/h1,4-5,7,9,13-14H,6,8,10-11H2,2H3,(H,18,20). The van der Waals surface area contributed by atoms with Gasteiger partial charge >= 0.3 is 5.97 Å². The van der Waals surface area contributed by atoms with Gasteiger partial charge in [0.05, 0.1) is 7.11 Å². The number of carbonyl (C=O) groups excluding carboxylic acids is 2. The molecule has 6 heteroatoms. The quantitative estimate of drug-likeness (QED) is 0.436. The van der Waals surface area contributed by atoms with Crippen LogP contribution in [0.25, 0.3) is 0 Å². The highest BCUT2D eigenvalue weighted by molar-refractivity contribution is 5.89. The number of nitrogens with zero attached hydrogens (tertiary/aromatic N) is 2. The molecule has 1 aliphatic heterocycles. The van der Waals surface area contributed by atoms with E-state index in [1.165, 1.54) is 7.11 Å². The summed E-state index contributed by atoms with van der Waals surface area (Å²) in [4.78, 5) is 29.9. The van der Waals surface area contributed by atoms with Gasteiger partial charge in [-0.25, -0.2) is 4.79 Å². The van der Waals surface area contributed by atoms with Gasteiger partial charge in [-0.2, -0.15) is 0 Å². The van der Waals surface area contributed by atoms with Gasteiger partial charge in [0.15, 0.2) is 0 Å². The number of rotatable bonds is 7. The Hall–Kier alpha value is -2.39. The normalized spacial score (nSPS) is 20.5. The van der Waals surface area contributed by atoms with Crippen LogP contribution >= 0.6 is 0 Å². The maximum atomic E-state index is 12.1. The van der Waals surface area contributed by atoms with Gasteiger partial charge in [-0.05, 0) is 12.1 Å². The van der Waals surface area contributed by atoms with Gasteiger partial charge in [0.25, 0.3) is 0 Å². The van der Waals surface area contributed by atoms with E-state index in [2.05, 4.69) is 21.0 Å². The molecule has 2 heterocycles. The first kappa shape index (κ1) is 16.0. The molecule has 0 bridgehead atoms. The fourth-order valence-electron chi connectivity index (χ4n) is 2.20. The van der Waals surface area contributed by atoms with Crippen molar-refractivity contribution < 1.29 is 14.3 Å². The molecule has 1 aliphatic rings. The predicted molar refractivity (Wildman–Crippen MR) is 80.7 cm³/mol. The molecule has 3 atom stereocenters. The minimum atomic E-state index is -0.777. The monoisotopic (exact) mass is 301 g/mol. The van der Waals surface area contributed by atoms with Gasteiger partial charge in [0, 0.05) is 37.8 Å². The zero-order valence-electron chi connectivity index (χ0n) is 12.5. The molecule has 1 aromatic heterocycles. The van der Waals surface area contributed by atoms with Crippen molar-refractivity contribution in [1.82, 2.24) is 15.2 Å². The Morgan fingerprint density at radius 2 is 2.41 bits per heavy atom. The molecule has 1 aromatic rings. The van der Waals surface area contributed by atoms with Crippen molar-refractivity contribution in [3.05, 3.63) is 30.1 Å². The number of ether oxygens (including phenoxy) is 1.